The summed E-state index contributed by atoms with van der Waals surface area (Å²) >= 11 is 0. The summed E-state index contributed by atoms with van der Waals surface area (Å²) < 4.78 is 23.5. The molecule has 0 aliphatic carbocycles. The molecule has 0 aliphatic heterocycles. The van der Waals surface area contributed by atoms with Crippen LogP contribution in [0.3, 0.4) is 0 Å². The highest BCUT2D eigenvalue weighted by molar-refractivity contribution is 7.89. The molecule has 0 saturated carbocycles. The highest BCUT2D eigenvalue weighted by Crippen LogP contribution is 2.34. The highest BCUT2D eigenvalue weighted by atomic mass is 32.2. The number of benzene rings is 1. The van der Waals surface area contributed by atoms with Crippen LogP contribution < -0.4 is 5.14 Å². The number of aliphatic hydroxyl groups excluding tert-OH is 1. The van der Waals surface area contributed by atoms with Crippen molar-refractivity contribution in [2.75, 3.05) is 6.61 Å². The number of nitrogens with two attached hydrogens (primary N) is 1. The van der Waals surface area contributed by atoms with Gasteiger partial charge in [-0.25, -0.2) is 13.6 Å². The van der Waals surface area contributed by atoms with Crippen LogP contribution >= 0.6 is 0 Å². The SMILES string of the molecule is CCCCC[C@H](CC)[C@H](CO)c1ccccc1S(N)(=O)=O. The van der Waals surface area contributed by atoms with Crippen molar-refractivity contribution in [3.8, 4) is 0 Å². The number of primary sulfonamides is 1. The van der Waals surface area contributed by atoms with Gasteiger partial charge in [-0.1, -0.05) is 57.7 Å². The number of sulfonamides is 1. The molecule has 0 radical (unpaired) electrons. The topological polar surface area (TPSA) is 80.4 Å². The molecule has 3 N–H and O–H groups in total. The number of aliphatic hydroxyl groups is 1. The van der Waals surface area contributed by atoms with Crippen molar-refractivity contribution >= 4 is 10.0 Å². The lowest BCUT2D eigenvalue weighted by atomic mass is 9.81. The summed E-state index contributed by atoms with van der Waals surface area (Å²) in [5.74, 6) is 0.0887. The second-order valence-electron chi connectivity index (χ2n) is 5.54. The molecule has 5 heteroatoms. The molecule has 0 aromatic heterocycles. The van der Waals surface area contributed by atoms with E-state index in [2.05, 4.69) is 13.8 Å². The van der Waals surface area contributed by atoms with Crippen LogP contribution in [-0.4, -0.2) is 20.1 Å². The van der Waals surface area contributed by atoms with E-state index in [4.69, 9.17) is 5.14 Å². The second-order valence-corrected chi connectivity index (χ2v) is 7.07. The molecule has 1 aromatic rings. The molecule has 0 spiro atoms. The number of hydrogen-bond donors (Lipinski definition) is 2. The highest BCUT2D eigenvalue weighted by Gasteiger charge is 2.26. The summed E-state index contributed by atoms with van der Waals surface area (Å²) in [7, 11) is -3.77. The minimum atomic E-state index is -3.77. The lowest BCUT2D eigenvalue weighted by Crippen LogP contribution is -2.22. The van der Waals surface area contributed by atoms with E-state index in [1.807, 2.05) is 0 Å². The van der Waals surface area contributed by atoms with Gasteiger partial charge in [0.2, 0.25) is 10.0 Å². The smallest absolute Gasteiger partial charge is 0.238 e. The van der Waals surface area contributed by atoms with E-state index in [1.54, 1.807) is 18.2 Å². The summed E-state index contributed by atoms with van der Waals surface area (Å²) in [5.41, 5.74) is 0.644. The van der Waals surface area contributed by atoms with Crippen LogP contribution in [0.25, 0.3) is 0 Å². The zero-order valence-electron chi connectivity index (χ0n) is 13.0. The first-order valence-corrected chi connectivity index (χ1v) is 9.22. The van der Waals surface area contributed by atoms with Gasteiger partial charge in [-0.2, -0.15) is 0 Å². The van der Waals surface area contributed by atoms with Crippen LogP contribution in [0.2, 0.25) is 0 Å². The van der Waals surface area contributed by atoms with E-state index >= 15 is 0 Å². The fourth-order valence-corrected chi connectivity index (χ4v) is 3.71. The van der Waals surface area contributed by atoms with Crippen LogP contribution in [-0.2, 0) is 10.0 Å². The fourth-order valence-electron chi connectivity index (χ4n) is 2.89. The first-order chi connectivity index (χ1) is 9.95. The molecule has 0 unspecified atom stereocenters. The molecule has 0 amide bonds. The third-order valence-corrected chi connectivity index (χ3v) is 5.08. The van der Waals surface area contributed by atoms with Gasteiger partial charge in [0.1, 0.15) is 0 Å². The van der Waals surface area contributed by atoms with E-state index in [-0.39, 0.29) is 23.3 Å². The van der Waals surface area contributed by atoms with Crippen molar-refractivity contribution in [2.24, 2.45) is 11.1 Å². The van der Waals surface area contributed by atoms with Gasteiger partial charge < -0.3 is 5.11 Å². The Hall–Kier alpha value is -0.910. The minimum absolute atomic E-state index is 0.0584. The van der Waals surface area contributed by atoms with Gasteiger partial charge in [0, 0.05) is 5.92 Å². The fraction of sp³-hybridized carbons (Fsp3) is 0.625. The third kappa shape index (κ3) is 5.09. The molecule has 0 bridgehead atoms. The molecule has 1 aromatic carbocycles. The van der Waals surface area contributed by atoms with Crippen molar-refractivity contribution in [2.45, 2.75) is 56.8 Å². The zero-order valence-corrected chi connectivity index (χ0v) is 13.8. The van der Waals surface area contributed by atoms with Crippen molar-refractivity contribution in [3.63, 3.8) is 0 Å². The Morgan fingerprint density at radius 1 is 1.19 bits per heavy atom. The maximum absolute atomic E-state index is 11.7. The van der Waals surface area contributed by atoms with Crippen LogP contribution in [0.5, 0.6) is 0 Å². The van der Waals surface area contributed by atoms with Gasteiger partial charge >= 0.3 is 0 Å². The third-order valence-electron chi connectivity index (χ3n) is 4.09. The summed E-state index contributed by atoms with van der Waals surface area (Å²) in [4.78, 5) is 0.137. The van der Waals surface area contributed by atoms with Crippen molar-refractivity contribution < 1.29 is 13.5 Å². The maximum atomic E-state index is 11.7. The predicted molar refractivity (Wildman–Crippen MR) is 85.6 cm³/mol. The molecule has 4 nitrogen and oxygen atoms in total. The first kappa shape index (κ1) is 18.1. The number of rotatable bonds is 9. The summed E-state index contributed by atoms with van der Waals surface area (Å²) in [5, 5.41) is 15.1. The normalized spacial score (nSPS) is 14.9. The Bertz CT molecular complexity index is 528. The molecule has 0 saturated heterocycles. The Morgan fingerprint density at radius 3 is 2.38 bits per heavy atom. The molecular formula is C16H27NO3S. The molecule has 1 rings (SSSR count). The Morgan fingerprint density at radius 2 is 1.86 bits per heavy atom. The standard InChI is InChI=1S/C16H27NO3S/c1-3-5-6-9-13(4-2)15(12-18)14-10-7-8-11-16(14)21(17,19)20/h7-8,10-11,13,15,18H,3-6,9,12H2,1-2H3,(H2,17,19,20)/t13-,15-/m0/s1. The monoisotopic (exact) mass is 313 g/mol. The largest absolute Gasteiger partial charge is 0.396 e. The number of unbranched alkanes of at least 4 members (excludes halogenated alkanes) is 2. The molecule has 2 atom stereocenters. The van der Waals surface area contributed by atoms with E-state index in [9.17, 15) is 13.5 Å². The van der Waals surface area contributed by atoms with Gasteiger partial charge in [0.15, 0.2) is 0 Å². The van der Waals surface area contributed by atoms with E-state index in [1.165, 1.54) is 6.07 Å². The van der Waals surface area contributed by atoms with Gasteiger partial charge in [0.25, 0.3) is 0 Å². The van der Waals surface area contributed by atoms with Crippen molar-refractivity contribution in [1.29, 1.82) is 0 Å². The molecular weight excluding hydrogens is 286 g/mol. The second kappa shape index (κ2) is 8.51. The van der Waals surface area contributed by atoms with Crippen LogP contribution in [0, 0.1) is 5.92 Å². The Labute approximate surface area is 128 Å². The van der Waals surface area contributed by atoms with Gasteiger partial charge in [-0.05, 0) is 24.0 Å². The Kier molecular flexibility index (Phi) is 7.35. The summed E-state index contributed by atoms with van der Waals surface area (Å²) in [6, 6.07) is 6.75. The predicted octanol–water partition coefficient (Wildman–Crippen LogP) is 3.02. The lowest BCUT2D eigenvalue weighted by Gasteiger charge is -2.26. The van der Waals surface area contributed by atoms with Gasteiger partial charge in [0.05, 0.1) is 11.5 Å². The molecule has 21 heavy (non-hydrogen) atoms. The maximum Gasteiger partial charge on any atom is 0.238 e. The quantitative estimate of drug-likeness (QED) is 0.688. The average molecular weight is 313 g/mol. The molecule has 0 fully saturated rings. The van der Waals surface area contributed by atoms with Gasteiger partial charge in [-0.3, -0.25) is 0 Å². The lowest BCUT2D eigenvalue weighted by molar-refractivity contribution is 0.211. The van der Waals surface area contributed by atoms with Crippen molar-refractivity contribution in [3.05, 3.63) is 29.8 Å². The molecule has 0 heterocycles. The van der Waals surface area contributed by atoms with E-state index in [0.29, 0.717) is 5.56 Å². The summed E-state index contributed by atoms with van der Waals surface area (Å²) in [6.45, 7) is 4.18. The number of hydrogen-bond acceptors (Lipinski definition) is 3. The van der Waals surface area contributed by atoms with Gasteiger partial charge in [-0.15, -0.1) is 0 Å². The van der Waals surface area contributed by atoms with Crippen LogP contribution in [0.15, 0.2) is 29.2 Å². The Balaban J connectivity index is 3.08. The van der Waals surface area contributed by atoms with Crippen molar-refractivity contribution in [1.82, 2.24) is 0 Å². The van der Waals surface area contributed by atoms with Crippen LogP contribution in [0.1, 0.15) is 57.4 Å². The van der Waals surface area contributed by atoms with E-state index < -0.39 is 10.0 Å². The average Bonchev–Trinajstić information content (AvgIpc) is 2.46. The van der Waals surface area contributed by atoms with E-state index in [0.717, 1.165) is 32.1 Å². The first-order valence-electron chi connectivity index (χ1n) is 7.68. The summed E-state index contributed by atoms with van der Waals surface area (Å²) in [6.07, 6.45) is 5.31. The van der Waals surface area contributed by atoms with Crippen LogP contribution in [0.4, 0.5) is 0 Å². The zero-order chi connectivity index (χ0) is 15.9. The molecule has 120 valence electrons. The minimum Gasteiger partial charge on any atom is -0.396 e. The molecule has 0 aliphatic rings.